The molecule has 2 aliphatic heterocycles. The Morgan fingerprint density at radius 3 is 2.62 bits per heavy atom. The molecular formula is C31H37Cl2N5O2. The van der Waals surface area contributed by atoms with Crippen molar-refractivity contribution in [2.45, 2.75) is 46.1 Å². The molecule has 0 unspecified atom stereocenters. The van der Waals surface area contributed by atoms with Crippen molar-refractivity contribution in [1.29, 1.82) is 0 Å². The Balaban J connectivity index is 0.00000185. The van der Waals surface area contributed by atoms with Crippen molar-refractivity contribution in [3.63, 3.8) is 0 Å². The van der Waals surface area contributed by atoms with Crippen LogP contribution in [0, 0.1) is 6.92 Å². The van der Waals surface area contributed by atoms with Gasteiger partial charge < -0.3 is 14.2 Å². The van der Waals surface area contributed by atoms with Crippen molar-refractivity contribution in [2.24, 2.45) is 0 Å². The number of aryl methyl sites for hydroxylation is 1. The van der Waals surface area contributed by atoms with Crippen LogP contribution in [0.4, 0.5) is 5.69 Å². The highest BCUT2D eigenvalue weighted by Crippen LogP contribution is 2.31. The van der Waals surface area contributed by atoms with Crippen molar-refractivity contribution >= 4 is 47.4 Å². The molecule has 0 bridgehead atoms. The maximum absolute atomic E-state index is 12.3. The van der Waals surface area contributed by atoms with Crippen molar-refractivity contribution in [3.8, 4) is 5.69 Å². The Morgan fingerprint density at radius 1 is 1.02 bits per heavy atom. The Kier molecular flexibility index (Phi) is 9.39. The monoisotopic (exact) mass is 581 g/mol. The van der Waals surface area contributed by atoms with E-state index in [2.05, 4.69) is 74.8 Å². The zero-order valence-corrected chi connectivity index (χ0v) is 24.9. The first kappa shape index (κ1) is 29.8. The number of pyridine rings is 1. The van der Waals surface area contributed by atoms with Gasteiger partial charge >= 0.3 is 5.97 Å². The van der Waals surface area contributed by atoms with Crippen LogP contribution in [0.25, 0.3) is 16.6 Å². The molecule has 4 aromatic rings. The number of hydrogen-bond acceptors (Lipinski definition) is 6. The number of carbonyl (C=O) groups excluding carboxylic acids is 1. The summed E-state index contributed by atoms with van der Waals surface area (Å²) in [5.74, 6) is -0.330. The first-order valence-corrected chi connectivity index (χ1v) is 13.7. The molecule has 4 heterocycles. The third kappa shape index (κ3) is 5.55. The minimum Gasteiger partial charge on any atom is -0.461 e. The van der Waals surface area contributed by atoms with E-state index in [0.29, 0.717) is 18.3 Å². The molecule has 0 N–H and O–H groups in total. The first-order valence-electron chi connectivity index (χ1n) is 13.7. The summed E-state index contributed by atoms with van der Waals surface area (Å²) >= 11 is 0. The average Bonchev–Trinajstić information content (AvgIpc) is 3.37. The predicted molar refractivity (Wildman–Crippen MR) is 165 cm³/mol. The second-order valence-corrected chi connectivity index (χ2v) is 10.4. The molecule has 212 valence electrons. The highest BCUT2D eigenvalue weighted by Gasteiger charge is 2.27. The fourth-order valence-electron chi connectivity index (χ4n) is 6.13. The summed E-state index contributed by atoms with van der Waals surface area (Å²) < 4.78 is 7.29. The first-order chi connectivity index (χ1) is 18.5. The van der Waals surface area contributed by atoms with Gasteiger partial charge in [0.05, 0.1) is 23.5 Å². The highest BCUT2D eigenvalue weighted by molar-refractivity contribution is 5.92. The summed E-state index contributed by atoms with van der Waals surface area (Å²) in [6.45, 7) is 10.7. The normalized spacial score (nSPS) is 16.5. The van der Waals surface area contributed by atoms with Crippen LogP contribution in [0.5, 0.6) is 0 Å². The van der Waals surface area contributed by atoms with Crippen LogP contribution in [-0.2, 0) is 24.0 Å². The number of halogens is 2. The summed E-state index contributed by atoms with van der Waals surface area (Å²) in [7, 11) is 0. The number of hydrogen-bond donors (Lipinski definition) is 0. The van der Waals surface area contributed by atoms with Crippen molar-refractivity contribution < 1.29 is 9.53 Å². The molecule has 0 radical (unpaired) electrons. The van der Waals surface area contributed by atoms with Gasteiger partial charge in [-0.2, -0.15) is 0 Å². The summed E-state index contributed by atoms with van der Waals surface area (Å²) in [6, 6.07) is 17.8. The fourth-order valence-corrected chi connectivity index (χ4v) is 6.13. The second kappa shape index (κ2) is 12.6. The van der Waals surface area contributed by atoms with E-state index in [1.165, 1.54) is 22.2 Å². The summed E-state index contributed by atoms with van der Waals surface area (Å²) in [5.41, 5.74) is 8.73. The van der Waals surface area contributed by atoms with Crippen LogP contribution in [0.1, 0.15) is 46.9 Å². The van der Waals surface area contributed by atoms with E-state index >= 15 is 0 Å². The van der Waals surface area contributed by atoms with E-state index in [-0.39, 0.29) is 30.8 Å². The van der Waals surface area contributed by atoms with Gasteiger partial charge in [-0.05, 0) is 81.5 Å². The predicted octanol–water partition coefficient (Wildman–Crippen LogP) is 5.60. The van der Waals surface area contributed by atoms with Gasteiger partial charge in [-0.1, -0.05) is 18.2 Å². The van der Waals surface area contributed by atoms with Crippen molar-refractivity contribution in [1.82, 2.24) is 19.4 Å². The van der Waals surface area contributed by atoms with E-state index in [1.807, 2.05) is 13.8 Å². The number of esters is 1. The number of rotatable bonds is 6. The van der Waals surface area contributed by atoms with Gasteiger partial charge in [0.15, 0.2) is 5.69 Å². The van der Waals surface area contributed by atoms with Crippen LogP contribution in [0.15, 0.2) is 54.9 Å². The molecule has 40 heavy (non-hydrogen) atoms. The minimum atomic E-state index is -0.330. The standard InChI is InChI=1S/C31H35N5O2.2ClH/c1-4-38-31(37)30-29-14-13-24-23(7-5-10-28(24)36(29)20-32-30)15-16-34-17-18-35(19-22(34)3)27-9-6-8-26-25(27)12-11-21(2)33-26;;/h5-12,20,22H,4,13-19H2,1-3H3;2*1H/t22-;;/m1../s1. The van der Waals surface area contributed by atoms with Gasteiger partial charge in [0.2, 0.25) is 0 Å². The van der Waals surface area contributed by atoms with Gasteiger partial charge in [0, 0.05) is 49.0 Å². The number of benzene rings is 2. The third-order valence-corrected chi connectivity index (χ3v) is 8.08. The van der Waals surface area contributed by atoms with E-state index in [9.17, 15) is 4.79 Å². The number of carbonyl (C=O) groups is 1. The van der Waals surface area contributed by atoms with Gasteiger partial charge in [-0.3, -0.25) is 9.88 Å². The SMILES string of the molecule is CCOC(=O)c1ncn2c1CCc1c(CCN3CCN(c4cccc5nc(C)ccc45)C[C@H]3C)cccc1-2.Cl.Cl. The molecule has 2 aromatic heterocycles. The smallest absolute Gasteiger partial charge is 0.358 e. The lowest BCUT2D eigenvalue weighted by molar-refractivity contribution is 0.0518. The molecule has 2 aliphatic rings. The van der Waals surface area contributed by atoms with Gasteiger partial charge in [-0.25, -0.2) is 9.78 Å². The van der Waals surface area contributed by atoms with E-state index in [4.69, 9.17) is 9.72 Å². The van der Waals surface area contributed by atoms with Crippen LogP contribution in [0.2, 0.25) is 0 Å². The number of anilines is 1. The molecule has 9 heteroatoms. The van der Waals surface area contributed by atoms with Gasteiger partial charge in [-0.15, -0.1) is 24.8 Å². The van der Waals surface area contributed by atoms with Crippen molar-refractivity contribution in [2.75, 3.05) is 37.7 Å². The molecule has 7 nitrogen and oxygen atoms in total. The molecule has 6 rings (SSSR count). The zero-order chi connectivity index (χ0) is 26.2. The maximum Gasteiger partial charge on any atom is 0.358 e. The lowest BCUT2D eigenvalue weighted by atomic mass is 9.94. The summed E-state index contributed by atoms with van der Waals surface area (Å²) in [6.07, 6.45) is 4.50. The summed E-state index contributed by atoms with van der Waals surface area (Å²) in [5, 5.41) is 1.24. The van der Waals surface area contributed by atoms with Crippen LogP contribution >= 0.6 is 24.8 Å². The zero-order valence-electron chi connectivity index (χ0n) is 23.3. The quantitative estimate of drug-likeness (QED) is 0.276. The molecule has 0 aliphatic carbocycles. The van der Waals surface area contributed by atoms with Crippen molar-refractivity contribution in [3.05, 3.63) is 83.1 Å². The maximum atomic E-state index is 12.3. The van der Waals surface area contributed by atoms with Crippen LogP contribution in [-0.4, -0.2) is 64.2 Å². The topological polar surface area (TPSA) is 63.5 Å². The average molecular weight is 583 g/mol. The largest absolute Gasteiger partial charge is 0.461 e. The third-order valence-electron chi connectivity index (χ3n) is 8.08. The molecule has 2 aromatic carbocycles. The lowest BCUT2D eigenvalue weighted by Gasteiger charge is -2.41. The number of ether oxygens (including phenoxy) is 1. The molecule has 0 saturated carbocycles. The van der Waals surface area contributed by atoms with E-state index in [0.717, 1.165) is 68.0 Å². The van der Waals surface area contributed by atoms with E-state index < -0.39 is 0 Å². The Morgan fingerprint density at radius 2 is 1.82 bits per heavy atom. The Labute approximate surface area is 248 Å². The molecule has 0 amide bonds. The minimum absolute atomic E-state index is 0. The highest BCUT2D eigenvalue weighted by atomic mass is 35.5. The number of imidazole rings is 1. The fraction of sp³-hybridized carbons (Fsp3) is 0.387. The number of fused-ring (bicyclic) bond motifs is 4. The number of piperazine rings is 1. The molecular weight excluding hydrogens is 545 g/mol. The summed E-state index contributed by atoms with van der Waals surface area (Å²) in [4.78, 5) is 26.6. The van der Waals surface area contributed by atoms with E-state index in [1.54, 1.807) is 6.33 Å². The number of nitrogens with zero attached hydrogens (tertiary/aromatic N) is 5. The molecule has 0 spiro atoms. The van der Waals surface area contributed by atoms with Gasteiger partial charge in [0.25, 0.3) is 0 Å². The molecule has 1 atom stereocenters. The Hall–Kier alpha value is -3.13. The molecule has 1 saturated heterocycles. The second-order valence-electron chi connectivity index (χ2n) is 10.4. The van der Waals surface area contributed by atoms with Crippen LogP contribution < -0.4 is 4.90 Å². The Bertz CT molecular complexity index is 1500. The van der Waals surface area contributed by atoms with Crippen LogP contribution in [0.3, 0.4) is 0 Å². The number of aromatic nitrogens is 3. The molecule has 1 fully saturated rings. The lowest BCUT2D eigenvalue weighted by Crippen LogP contribution is -2.52. The van der Waals surface area contributed by atoms with Gasteiger partial charge in [0.1, 0.15) is 6.33 Å².